The second kappa shape index (κ2) is 8.12. The number of benzene rings is 2. The fourth-order valence-electron chi connectivity index (χ4n) is 3.46. The predicted octanol–water partition coefficient (Wildman–Crippen LogP) is 5.56. The topological polar surface area (TPSA) is 92.1 Å². The molecule has 2 aromatic heterocycles. The summed E-state index contributed by atoms with van der Waals surface area (Å²) in [6.07, 6.45) is 4.55. The first kappa shape index (κ1) is 19.1. The summed E-state index contributed by atoms with van der Waals surface area (Å²) in [5.41, 5.74) is 4.56. The van der Waals surface area contributed by atoms with Crippen LogP contribution in [0.4, 0.5) is 28.8 Å². The van der Waals surface area contributed by atoms with Crippen molar-refractivity contribution in [3.8, 4) is 0 Å². The first-order chi connectivity index (χ1) is 15.1. The normalized spacial score (nSPS) is 12.4. The van der Waals surface area contributed by atoms with Crippen LogP contribution in [0.2, 0.25) is 5.02 Å². The van der Waals surface area contributed by atoms with E-state index in [4.69, 9.17) is 16.0 Å². The van der Waals surface area contributed by atoms with Gasteiger partial charge in [0.2, 0.25) is 5.95 Å². The van der Waals surface area contributed by atoms with Gasteiger partial charge < -0.3 is 20.4 Å². The van der Waals surface area contributed by atoms with Crippen molar-refractivity contribution in [3.05, 3.63) is 89.0 Å². The molecule has 1 aliphatic heterocycles. The highest BCUT2D eigenvalue weighted by atomic mass is 35.5. The van der Waals surface area contributed by atoms with E-state index < -0.39 is 0 Å². The Kier molecular flexibility index (Phi) is 5.01. The molecular formula is C23H18ClN5O2. The lowest BCUT2D eigenvalue weighted by molar-refractivity contribution is 0.0996. The third-order valence-corrected chi connectivity index (χ3v) is 5.25. The van der Waals surface area contributed by atoms with Crippen molar-refractivity contribution in [2.75, 3.05) is 16.0 Å². The van der Waals surface area contributed by atoms with Crippen molar-refractivity contribution < 1.29 is 9.21 Å². The Balaban J connectivity index is 1.54. The molecule has 0 atom stereocenters. The zero-order valence-electron chi connectivity index (χ0n) is 16.4. The van der Waals surface area contributed by atoms with Gasteiger partial charge in [0.1, 0.15) is 5.02 Å². The molecule has 1 amide bonds. The summed E-state index contributed by atoms with van der Waals surface area (Å²) in [5, 5.41) is 9.83. The third-order valence-electron chi connectivity index (χ3n) is 4.97. The average molecular weight is 432 g/mol. The first-order valence-electron chi connectivity index (χ1n) is 9.77. The molecule has 0 saturated heterocycles. The number of carbonyl (C=O) groups excluding carboxylic acids is 1. The largest absolute Gasteiger partial charge is 0.459 e. The summed E-state index contributed by atoms with van der Waals surface area (Å²) < 4.78 is 5.21. The number of rotatable bonds is 2. The molecule has 1 aliphatic rings. The van der Waals surface area contributed by atoms with Crippen LogP contribution in [0.1, 0.15) is 21.7 Å². The Morgan fingerprint density at radius 3 is 2.81 bits per heavy atom. The van der Waals surface area contributed by atoms with Gasteiger partial charge in [-0.1, -0.05) is 23.7 Å². The minimum absolute atomic E-state index is 0.262. The summed E-state index contributed by atoms with van der Waals surface area (Å²) in [7, 11) is 0. The van der Waals surface area contributed by atoms with Gasteiger partial charge in [-0.15, -0.1) is 0 Å². The highest BCUT2D eigenvalue weighted by molar-refractivity contribution is 6.32. The van der Waals surface area contributed by atoms with Crippen LogP contribution < -0.4 is 16.0 Å². The lowest BCUT2D eigenvalue weighted by Gasteiger charge is -2.14. The zero-order valence-corrected chi connectivity index (χ0v) is 17.1. The average Bonchev–Trinajstić information content (AvgIpc) is 3.31. The molecule has 154 valence electrons. The smallest absolute Gasteiger partial charge is 0.291 e. The molecule has 6 bridgehead atoms. The van der Waals surface area contributed by atoms with E-state index in [9.17, 15) is 4.79 Å². The number of hydrogen-bond donors (Lipinski definition) is 3. The van der Waals surface area contributed by atoms with E-state index in [-0.39, 0.29) is 11.7 Å². The molecule has 4 aromatic rings. The molecule has 0 saturated carbocycles. The fourth-order valence-corrected chi connectivity index (χ4v) is 3.59. The van der Waals surface area contributed by atoms with Crippen molar-refractivity contribution in [3.63, 3.8) is 0 Å². The Morgan fingerprint density at radius 2 is 1.94 bits per heavy atom. The van der Waals surface area contributed by atoms with Crippen molar-refractivity contribution in [1.29, 1.82) is 0 Å². The number of fused-ring (bicyclic) bond motifs is 6. The van der Waals surface area contributed by atoms with Gasteiger partial charge in [-0.25, -0.2) is 4.98 Å². The Hall–Kier alpha value is -3.84. The van der Waals surface area contributed by atoms with Crippen molar-refractivity contribution in [2.45, 2.75) is 12.8 Å². The van der Waals surface area contributed by atoms with Crippen LogP contribution in [0.25, 0.3) is 0 Å². The van der Waals surface area contributed by atoms with Crippen molar-refractivity contribution in [1.82, 2.24) is 9.97 Å². The van der Waals surface area contributed by atoms with E-state index in [0.29, 0.717) is 16.8 Å². The summed E-state index contributed by atoms with van der Waals surface area (Å²) in [4.78, 5) is 21.3. The van der Waals surface area contributed by atoms with E-state index in [2.05, 4.69) is 38.1 Å². The van der Waals surface area contributed by atoms with E-state index in [1.54, 1.807) is 18.3 Å². The summed E-state index contributed by atoms with van der Waals surface area (Å²) in [6, 6.07) is 17.1. The molecule has 3 heterocycles. The highest BCUT2D eigenvalue weighted by Gasteiger charge is 2.14. The van der Waals surface area contributed by atoms with Crippen LogP contribution in [0.5, 0.6) is 0 Å². The third kappa shape index (κ3) is 4.22. The maximum atomic E-state index is 12.5. The standard InChI is InChI=1S/C23H18ClN5O2/c24-18-13-25-23-27-16-4-1-3-14(11-16)6-7-15-12-17(26-21(18)29-23)8-9-19(15)28-22(30)20-5-2-10-31-20/h1-5,8-13H,6-7H2,(H,28,30)(H2,25,26,27,29). The van der Waals surface area contributed by atoms with Crippen LogP contribution in [0, 0.1) is 0 Å². The second-order valence-corrected chi connectivity index (χ2v) is 7.55. The number of furan rings is 1. The molecule has 0 aliphatic carbocycles. The monoisotopic (exact) mass is 431 g/mol. The maximum absolute atomic E-state index is 12.5. The Labute approximate surface area is 183 Å². The fraction of sp³-hybridized carbons (Fsp3) is 0.0870. The number of nitrogens with one attached hydrogen (secondary N) is 3. The van der Waals surface area contributed by atoms with Crippen LogP contribution >= 0.6 is 11.6 Å². The SMILES string of the molecule is O=C(Nc1ccc2cc1CCc1cccc(c1)Nc1ncc(Cl)c(n1)N2)c1ccco1. The number of aryl methyl sites for hydroxylation is 2. The molecule has 0 unspecified atom stereocenters. The second-order valence-electron chi connectivity index (χ2n) is 7.14. The molecule has 2 aromatic carbocycles. The van der Waals surface area contributed by atoms with Gasteiger partial charge in [0.15, 0.2) is 11.6 Å². The number of carbonyl (C=O) groups is 1. The van der Waals surface area contributed by atoms with Crippen LogP contribution in [0.3, 0.4) is 0 Å². The minimum Gasteiger partial charge on any atom is -0.459 e. The molecule has 3 N–H and O–H groups in total. The maximum Gasteiger partial charge on any atom is 0.291 e. The quantitative estimate of drug-likeness (QED) is 0.384. The number of amides is 1. The van der Waals surface area contributed by atoms with E-state index in [0.717, 1.165) is 41.0 Å². The highest BCUT2D eigenvalue weighted by Crippen LogP contribution is 2.29. The van der Waals surface area contributed by atoms with Gasteiger partial charge in [0.25, 0.3) is 5.91 Å². The van der Waals surface area contributed by atoms with Gasteiger partial charge >= 0.3 is 0 Å². The van der Waals surface area contributed by atoms with Crippen molar-refractivity contribution in [2.24, 2.45) is 0 Å². The minimum atomic E-state index is -0.292. The van der Waals surface area contributed by atoms with Crippen molar-refractivity contribution >= 4 is 46.3 Å². The van der Waals surface area contributed by atoms with Crippen LogP contribution in [-0.2, 0) is 12.8 Å². The predicted molar refractivity (Wildman–Crippen MR) is 121 cm³/mol. The number of aromatic nitrogens is 2. The lowest BCUT2D eigenvalue weighted by Crippen LogP contribution is -2.13. The molecular weight excluding hydrogens is 414 g/mol. The summed E-state index contributed by atoms with van der Waals surface area (Å²) in [5.74, 6) is 0.913. The Bertz CT molecular complexity index is 1260. The van der Waals surface area contributed by atoms with E-state index in [1.807, 2.05) is 30.3 Å². The Morgan fingerprint density at radius 1 is 1.03 bits per heavy atom. The first-order valence-corrected chi connectivity index (χ1v) is 10.2. The number of anilines is 5. The lowest BCUT2D eigenvalue weighted by atomic mass is 10.0. The molecule has 0 spiro atoms. The zero-order chi connectivity index (χ0) is 21.2. The molecule has 7 nitrogen and oxygen atoms in total. The van der Waals surface area contributed by atoms with Crippen LogP contribution in [0.15, 0.2) is 71.5 Å². The number of halogens is 1. The number of nitrogens with zero attached hydrogens (tertiary/aromatic N) is 2. The summed E-state index contributed by atoms with van der Waals surface area (Å²) in [6.45, 7) is 0. The van der Waals surface area contributed by atoms with Crippen LogP contribution in [-0.4, -0.2) is 15.9 Å². The van der Waals surface area contributed by atoms with E-state index >= 15 is 0 Å². The molecule has 31 heavy (non-hydrogen) atoms. The van der Waals surface area contributed by atoms with Gasteiger partial charge in [-0.2, -0.15) is 4.98 Å². The molecule has 5 rings (SSSR count). The summed E-state index contributed by atoms with van der Waals surface area (Å²) >= 11 is 6.31. The molecule has 0 fully saturated rings. The number of hydrogen-bond acceptors (Lipinski definition) is 6. The van der Waals surface area contributed by atoms with E-state index in [1.165, 1.54) is 6.26 Å². The van der Waals surface area contributed by atoms with Gasteiger partial charge in [-0.3, -0.25) is 4.79 Å². The molecule has 8 heteroatoms. The molecule has 0 radical (unpaired) electrons. The van der Waals surface area contributed by atoms with Gasteiger partial charge in [0.05, 0.1) is 12.5 Å². The van der Waals surface area contributed by atoms with Gasteiger partial charge in [-0.05, 0) is 66.4 Å². The van der Waals surface area contributed by atoms with Gasteiger partial charge in [0, 0.05) is 17.1 Å².